The average Bonchev–Trinajstić information content (AvgIpc) is 2.63. The van der Waals surface area contributed by atoms with Crippen molar-refractivity contribution in [2.24, 2.45) is 0 Å². The quantitative estimate of drug-likeness (QED) is 0.577. The molecule has 0 heterocycles. The molecule has 25 heavy (non-hydrogen) atoms. The first-order valence-corrected chi connectivity index (χ1v) is 10.1. The Labute approximate surface area is 157 Å². The minimum atomic E-state index is -3.64. The summed E-state index contributed by atoms with van der Waals surface area (Å²) in [5.74, 6) is 0. The Morgan fingerprint density at radius 1 is 0.680 bits per heavy atom. The van der Waals surface area contributed by atoms with Crippen LogP contribution in [-0.2, 0) is 23.1 Å². The molecule has 0 saturated carbocycles. The van der Waals surface area contributed by atoms with Crippen molar-refractivity contribution >= 4 is 26.0 Å². The van der Waals surface area contributed by atoms with E-state index in [0.717, 1.165) is 11.1 Å². The van der Waals surface area contributed by atoms with Crippen LogP contribution in [0, 0.1) is 0 Å². The van der Waals surface area contributed by atoms with Crippen LogP contribution < -0.4 is 0 Å². The maximum Gasteiger partial charge on any atom is 0.244 e. The lowest BCUT2D eigenvalue weighted by molar-refractivity contribution is 0.401. The van der Waals surface area contributed by atoms with Gasteiger partial charge in [0, 0.05) is 17.6 Å². The van der Waals surface area contributed by atoms with Gasteiger partial charge in [-0.05, 0) is 39.2 Å². The normalized spacial score (nSPS) is 11.6. The number of benzene rings is 3. The van der Waals surface area contributed by atoms with E-state index in [0.29, 0.717) is 17.6 Å². The van der Waals surface area contributed by atoms with Crippen LogP contribution in [0.4, 0.5) is 0 Å². The summed E-state index contributed by atoms with van der Waals surface area (Å²) in [4.78, 5) is 0.280. The lowest BCUT2D eigenvalue weighted by Gasteiger charge is -2.23. The molecule has 3 nitrogen and oxygen atoms in total. The number of nitrogens with zero attached hydrogens (tertiary/aromatic N) is 1. The van der Waals surface area contributed by atoms with E-state index in [1.54, 1.807) is 18.2 Å². The van der Waals surface area contributed by atoms with Crippen LogP contribution in [0.15, 0.2) is 94.3 Å². The molecule has 3 rings (SSSR count). The Hall–Kier alpha value is -1.95. The van der Waals surface area contributed by atoms with Gasteiger partial charge in [-0.1, -0.05) is 72.8 Å². The average molecular weight is 416 g/mol. The molecule has 0 amide bonds. The van der Waals surface area contributed by atoms with Crippen molar-refractivity contribution in [1.29, 1.82) is 0 Å². The van der Waals surface area contributed by atoms with Crippen LogP contribution in [0.2, 0.25) is 0 Å². The summed E-state index contributed by atoms with van der Waals surface area (Å²) >= 11 is 3.37. The number of hydrogen-bond acceptors (Lipinski definition) is 2. The molecule has 0 aliphatic rings. The number of sulfonamides is 1. The summed E-state index contributed by atoms with van der Waals surface area (Å²) in [5, 5.41) is 0. The van der Waals surface area contributed by atoms with Gasteiger partial charge in [-0.15, -0.1) is 0 Å². The molecule has 0 aliphatic carbocycles. The van der Waals surface area contributed by atoms with Crippen LogP contribution in [0.25, 0.3) is 0 Å². The lowest BCUT2D eigenvalue weighted by atomic mass is 10.2. The molecule has 0 aliphatic heterocycles. The standard InChI is InChI=1S/C20H18BrNO2S/c21-19-13-7-8-14-20(19)25(23,24)22(15-17-9-3-1-4-10-17)16-18-11-5-2-6-12-18/h1-14H,15-16H2. The fraction of sp³-hybridized carbons (Fsp3) is 0.100. The molecule has 128 valence electrons. The Morgan fingerprint density at radius 2 is 1.12 bits per heavy atom. The van der Waals surface area contributed by atoms with Gasteiger partial charge in [0.1, 0.15) is 0 Å². The second-order valence-electron chi connectivity index (χ2n) is 5.67. The van der Waals surface area contributed by atoms with Crippen molar-refractivity contribution in [1.82, 2.24) is 4.31 Å². The Morgan fingerprint density at radius 3 is 1.60 bits per heavy atom. The van der Waals surface area contributed by atoms with Gasteiger partial charge in [0.15, 0.2) is 0 Å². The zero-order chi connectivity index (χ0) is 17.7. The molecule has 0 saturated heterocycles. The van der Waals surface area contributed by atoms with Gasteiger partial charge in [-0.2, -0.15) is 4.31 Å². The number of halogens is 1. The van der Waals surface area contributed by atoms with Crippen LogP contribution in [0.5, 0.6) is 0 Å². The summed E-state index contributed by atoms with van der Waals surface area (Å²) < 4.78 is 28.6. The first-order valence-electron chi connectivity index (χ1n) is 7.90. The summed E-state index contributed by atoms with van der Waals surface area (Å²) in [6.45, 7) is 0.638. The SMILES string of the molecule is O=S(=O)(c1ccccc1Br)N(Cc1ccccc1)Cc1ccccc1. The van der Waals surface area contributed by atoms with Gasteiger partial charge in [-0.3, -0.25) is 0 Å². The monoisotopic (exact) mass is 415 g/mol. The zero-order valence-corrected chi connectivity index (χ0v) is 15.9. The van der Waals surface area contributed by atoms with Gasteiger partial charge >= 0.3 is 0 Å². The molecule has 3 aromatic rings. The van der Waals surface area contributed by atoms with Crippen LogP contribution >= 0.6 is 15.9 Å². The molecular formula is C20H18BrNO2S. The summed E-state index contributed by atoms with van der Waals surface area (Å²) in [7, 11) is -3.64. The van der Waals surface area contributed by atoms with Crippen molar-refractivity contribution in [3.8, 4) is 0 Å². The predicted octanol–water partition coefficient (Wildman–Crippen LogP) is 4.84. The highest BCUT2D eigenvalue weighted by atomic mass is 79.9. The van der Waals surface area contributed by atoms with Crippen LogP contribution in [-0.4, -0.2) is 12.7 Å². The Balaban J connectivity index is 1.99. The minimum absolute atomic E-state index is 0.280. The van der Waals surface area contributed by atoms with Crippen molar-refractivity contribution in [2.75, 3.05) is 0 Å². The van der Waals surface area contributed by atoms with Gasteiger partial charge < -0.3 is 0 Å². The molecule has 0 atom stereocenters. The van der Waals surface area contributed by atoms with Crippen molar-refractivity contribution in [3.05, 3.63) is 101 Å². The van der Waals surface area contributed by atoms with Crippen LogP contribution in [0.1, 0.15) is 11.1 Å². The first-order chi connectivity index (χ1) is 12.1. The number of rotatable bonds is 6. The van der Waals surface area contributed by atoms with Crippen LogP contribution in [0.3, 0.4) is 0 Å². The maximum atomic E-state index is 13.3. The molecule has 0 spiro atoms. The summed E-state index contributed by atoms with van der Waals surface area (Å²) in [6, 6.07) is 26.2. The van der Waals surface area contributed by atoms with E-state index in [1.807, 2.05) is 66.7 Å². The van der Waals surface area contributed by atoms with Crippen molar-refractivity contribution in [2.45, 2.75) is 18.0 Å². The van der Waals surface area contributed by atoms with Gasteiger partial charge in [0.2, 0.25) is 10.0 Å². The molecule has 0 N–H and O–H groups in total. The van der Waals surface area contributed by atoms with Gasteiger partial charge in [-0.25, -0.2) is 8.42 Å². The lowest BCUT2D eigenvalue weighted by Crippen LogP contribution is -2.30. The van der Waals surface area contributed by atoms with E-state index in [9.17, 15) is 8.42 Å². The van der Waals surface area contributed by atoms with Gasteiger partial charge in [0.05, 0.1) is 4.90 Å². The van der Waals surface area contributed by atoms with Gasteiger partial charge in [0.25, 0.3) is 0 Å². The number of hydrogen-bond donors (Lipinski definition) is 0. The second kappa shape index (κ2) is 7.95. The van der Waals surface area contributed by atoms with E-state index >= 15 is 0 Å². The summed E-state index contributed by atoms with van der Waals surface area (Å²) in [6.07, 6.45) is 0. The van der Waals surface area contributed by atoms with E-state index < -0.39 is 10.0 Å². The largest absolute Gasteiger partial charge is 0.244 e. The predicted molar refractivity (Wildman–Crippen MR) is 103 cm³/mol. The Bertz CT molecular complexity index is 887. The molecule has 0 unspecified atom stereocenters. The maximum absolute atomic E-state index is 13.3. The third-order valence-electron chi connectivity index (χ3n) is 3.86. The Kier molecular flexibility index (Phi) is 5.68. The highest BCUT2D eigenvalue weighted by Crippen LogP contribution is 2.27. The molecule has 0 radical (unpaired) electrons. The zero-order valence-electron chi connectivity index (χ0n) is 13.5. The highest BCUT2D eigenvalue weighted by molar-refractivity contribution is 9.10. The van der Waals surface area contributed by atoms with E-state index in [4.69, 9.17) is 0 Å². The molecule has 0 aromatic heterocycles. The third kappa shape index (κ3) is 4.37. The van der Waals surface area contributed by atoms with Crippen molar-refractivity contribution in [3.63, 3.8) is 0 Å². The molecule has 0 bridgehead atoms. The fourth-order valence-corrected chi connectivity index (χ4v) is 4.97. The molecule has 5 heteroatoms. The topological polar surface area (TPSA) is 37.4 Å². The minimum Gasteiger partial charge on any atom is -0.207 e. The third-order valence-corrected chi connectivity index (χ3v) is 6.66. The smallest absolute Gasteiger partial charge is 0.207 e. The first kappa shape index (κ1) is 17.9. The summed E-state index contributed by atoms with van der Waals surface area (Å²) in [5.41, 5.74) is 1.91. The fourth-order valence-electron chi connectivity index (χ4n) is 2.59. The highest BCUT2D eigenvalue weighted by Gasteiger charge is 2.26. The van der Waals surface area contributed by atoms with E-state index in [1.165, 1.54) is 4.31 Å². The molecule has 3 aromatic carbocycles. The molecule has 0 fully saturated rings. The van der Waals surface area contributed by atoms with Crippen molar-refractivity contribution < 1.29 is 8.42 Å². The second-order valence-corrected chi connectivity index (χ2v) is 8.44. The van der Waals surface area contributed by atoms with E-state index in [-0.39, 0.29) is 4.90 Å². The molecular weight excluding hydrogens is 398 g/mol. The van der Waals surface area contributed by atoms with E-state index in [2.05, 4.69) is 15.9 Å².